The minimum absolute atomic E-state index is 0.0590. The average Bonchev–Trinajstić information content (AvgIpc) is 2.05. The maximum Gasteiger partial charge on any atom is 0.312 e. The quantitative estimate of drug-likeness (QED) is 0.530. The first-order valence-corrected chi connectivity index (χ1v) is 3.67. The van der Waals surface area contributed by atoms with E-state index in [0.29, 0.717) is 0 Å². The lowest BCUT2D eigenvalue weighted by Crippen LogP contribution is -2.39. The van der Waals surface area contributed by atoms with Crippen LogP contribution in [0.3, 0.4) is 0 Å². The second kappa shape index (κ2) is 2.35. The fraction of sp³-hybridized carbons (Fsp3) is 1.00. The minimum Gasteiger partial charge on any atom is -0.200 e. The normalized spacial score (nSPS) is 34.1. The van der Waals surface area contributed by atoms with Gasteiger partial charge in [-0.1, -0.05) is 6.92 Å². The lowest BCUT2D eigenvalue weighted by molar-refractivity contribution is -0.205. The summed E-state index contributed by atoms with van der Waals surface area (Å²) in [6, 6.07) is 0. The van der Waals surface area contributed by atoms with Crippen molar-refractivity contribution in [2.45, 2.75) is 38.0 Å². The number of hydrogen-bond acceptors (Lipinski definition) is 0. The standard InChI is InChI=1S/C7H10F4/c1-2-5-3-4-6(8,9)7(5,10)11/h5H,2-4H2,1H3. The smallest absolute Gasteiger partial charge is 0.200 e. The van der Waals surface area contributed by atoms with Crippen molar-refractivity contribution in [2.75, 3.05) is 0 Å². The monoisotopic (exact) mass is 170 g/mol. The molecule has 11 heavy (non-hydrogen) atoms. The van der Waals surface area contributed by atoms with E-state index in [-0.39, 0.29) is 12.8 Å². The summed E-state index contributed by atoms with van der Waals surface area (Å²) in [6.07, 6.45) is -0.600. The summed E-state index contributed by atoms with van der Waals surface area (Å²) in [5.41, 5.74) is 0. The molecule has 1 aliphatic carbocycles. The Morgan fingerprint density at radius 1 is 1.27 bits per heavy atom. The highest BCUT2D eigenvalue weighted by molar-refractivity contribution is 4.96. The van der Waals surface area contributed by atoms with Crippen molar-refractivity contribution in [1.29, 1.82) is 0 Å². The molecule has 0 aromatic heterocycles. The van der Waals surface area contributed by atoms with Gasteiger partial charge in [-0.25, -0.2) is 0 Å². The van der Waals surface area contributed by atoms with Crippen LogP contribution in [-0.4, -0.2) is 11.8 Å². The van der Waals surface area contributed by atoms with Crippen molar-refractivity contribution in [3.05, 3.63) is 0 Å². The second-order valence-corrected chi connectivity index (χ2v) is 2.97. The average molecular weight is 170 g/mol. The van der Waals surface area contributed by atoms with E-state index >= 15 is 0 Å². The van der Waals surface area contributed by atoms with Crippen molar-refractivity contribution in [3.63, 3.8) is 0 Å². The van der Waals surface area contributed by atoms with E-state index in [1.165, 1.54) is 6.92 Å². The van der Waals surface area contributed by atoms with Crippen molar-refractivity contribution in [3.8, 4) is 0 Å². The van der Waals surface area contributed by atoms with E-state index in [4.69, 9.17) is 0 Å². The Hall–Kier alpha value is -0.280. The number of rotatable bonds is 1. The van der Waals surface area contributed by atoms with Crippen LogP contribution in [0.4, 0.5) is 17.6 Å². The molecule has 1 fully saturated rings. The minimum atomic E-state index is -3.78. The molecule has 0 N–H and O–H groups in total. The second-order valence-electron chi connectivity index (χ2n) is 2.97. The molecule has 4 heteroatoms. The molecule has 0 saturated heterocycles. The van der Waals surface area contributed by atoms with E-state index in [2.05, 4.69) is 0 Å². The Labute approximate surface area is 62.6 Å². The fourth-order valence-corrected chi connectivity index (χ4v) is 1.46. The third-order valence-electron chi connectivity index (χ3n) is 2.30. The predicted octanol–water partition coefficient (Wildman–Crippen LogP) is 3.08. The van der Waals surface area contributed by atoms with Gasteiger partial charge >= 0.3 is 11.8 Å². The van der Waals surface area contributed by atoms with Gasteiger partial charge in [-0.05, 0) is 12.8 Å². The SMILES string of the molecule is CCC1CCC(F)(F)C1(F)F. The molecule has 1 atom stereocenters. The van der Waals surface area contributed by atoms with Crippen molar-refractivity contribution in [2.24, 2.45) is 5.92 Å². The molecular formula is C7H10F4. The molecule has 0 aliphatic heterocycles. The molecule has 0 aromatic carbocycles. The first-order valence-electron chi connectivity index (χ1n) is 3.67. The first-order chi connectivity index (χ1) is 4.92. The van der Waals surface area contributed by atoms with Crippen LogP contribution in [0.1, 0.15) is 26.2 Å². The largest absolute Gasteiger partial charge is 0.312 e. The zero-order valence-electron chi connectivity index (χ0n) is 6.21. The van der Waals surface area contributed by atoms with Crippen molar-refractivity contribution in [1.82, 2.24) is 0 Å². The van der Waals surface area contributed by atoms with E-state index in [1.807, 2.05) is 0 Å². The molecule has 0 amide bonds. The van der Waals surface area contributed by atoms with E-state index in [0.717, 1.165) is 0 Å². The number of halogens is 4. The van der Waals surface area contributed by atoms with Crippen LogP contribution in [0.2, 0.25) is 0 Å². The lowest BCUT2D eigenvalue weighted by atomic mass is 10.0. The predicted molar refractivity (Wildman–Crippen MR) is 32.9 cm³/mol. The Morgan fingerprint density at radius 3 is 2.00 bits per heavy atom. The zero-order valence-corrected chi connectivity index (χ0v) is 6.21. The summed E-state index contributed by atoms with van der Waals surface area (Å²) >= 11 is 0. The number of hydrogen-bond donors (Lipinski definition) is 0. The van der Waals surface area contributed by atoms with E-state index < -0.39 is 24.2 Å². The Morgan fingerprint density at radius 2 is 1.82 bits per heavy atom. The van der Waals surface area contributed by atoms with E-state index in [1.54, 1.807) is 0 Å². The molecule has 0 aromatic rings. The Kier molecular flexibility index (Phi) is 1.89. The third kappa shape index (κ3) is 1.12. The van der Waals surface area contributed by atoms with Gasteiger partial charge in [-0.3, -0.25) is 0 Å². The molecule has 0 spiro atoms. The molecule has 1 rings (SSSR count). The topological polar surface area (TPSA) is 0 Å². The number of alkyl halides is 4. The maximum atomic E-state index is 12.6. The molecule has 1 unspecified atom stereocenters. The van der Waals surface area contributed by atoms with Gasteiger partial charge in [0.1, 0.15) is 0 Å². The van der Waals surface area contributed by atoms with Crippen LogP contribution in [0, 0.1) is 5.92 Å². The highest BCUT2D eigenvalue weighted by Crippen LogP contribution is 2.52. The van der Waals surface area contributed by atoms with Crippen LogP contribution in [-0.2, 0) is 0 Å². The first kappa shape index (κ1) is 8.81. The molecule has 1 aliphatic rings. The molecule has 0 radical (unpaired) electrons. The van der Waals surface area contributed by atoms with Gasteiger partial charge < -0.3 is 0 Å². The van der Waals surface area contributed by atoms with Crippen LogP contribution in [0.15, 0.2) is 0 Å². The molecule has 0 nitrogen and oxygen atoms in total. The molecule has 0 heterocycles. The van der Waals surface area contributed by atoms with Crippen LogP contribution >= 0.6 is 0 Å². The summed E-state index contributed by atoms with van der Waals surface area (Å²) in [6.45, 7) is 1.51. The summed E-state index contributed by atoms with van der Waals surface area (Å²) in [5, 5.41) is 0. The molecule has 1 saturated carbocycles. The zero-order chi connectivity index (χ0) is 8.70. The van der Waals surface area contributed by atoms with Crippen molar-refractivity contribution >= 4 is 0 Å². The Bertz CT molecular complexity index is 153. The Balaban J connectivity index is 2.81. The van der Waals surface area contributed by atoms with Gasteiger partial charge in [0, 0.05) is 12.3 Å². The maximum absolute atomic E-state index is 12.6. The summed E-state index contributed by atoms with van der Waals surface area (Å²) in [5.74, 6) is -8.67. The molecule has 0 bridgehead atoms. The highest BCUT2D eigenvalue weighted by Gasteiger charge is 2.64. The summed E-state index contributed by atoms with van der Waals surface area (Å²) in [4.78, 5) is 0. The lowest BCUT2D eigenvalue weighted by Gasteiger charge is -2.22. The molecular weight excluding hydrogens is 160 g/mol. The highest BCUT2D eigenvalue weighted by atomic mass is 19.3. The van der Waals surface area contributed by atoms with Crippen LogP contribution in [0.25, 0.3) is 0 Å². The van der Waals surface area contributed by atoms with Gasteiger partial charge in [-0.15, -0.1) is 0 Å². The van der Waals surface area contributed by atoms with Crippen molar-refractivity contribution < 1.29 is 17.6 Å². The summed E-state index contributed by atoms with van der Waals surface area (Å²) in [7, 11) is 0. The molecule has 66 valence electrons. The van der Waals surface area contributed by atoms with Crippen LogP contribution in [0.5, 0.6) is 0 Å². The van der Waals surface area contributed by atoms with Gasteiger partial charge in [0.15, 0.2) is 0 Å². The third-order valence-corrected chi connectivity index (χ3v) is 2.30. The summed E-state index contributed by atoms with van der Waals surface area (Å²) < 4.78 is 50.1. The fourth-order valence-electron chi connectivity index (χ4n) is 1.46. The van der Waals surface area contributed by atoms with Gasteiger partial charge in [-0.2, -0.15) is 17.6 Å². The van der Waals surface area contributed by atoms with Gasteiger partial charge in [0.2, 0.25) is 0 Å². The van der Waals surface area contributed by atoms with Gasteiger partial charge in [0.05, 0.1) is 0 Å². The van der Waals surface area contributed by atoms with Gasteiger partial charge in [0.25, 0.3) is 0 Å². The van der Waals surface area contributed by atoms with Crippen LogP contribution < -0.4 is 0 Å². The van der Waals surface area contributed by atoms with E-state index in [9.17, 15) is 17.6 Å².